The van der Waals surface area contributed by atoms with E-state index in [-0.39, 0.29) is 5.69 Å². The summed E-state index contributed by atoms with van der Waals surface area (Å²) in [5, 5.41) is 14.7. The van der Waals surface area contributed by atoms with Crippen LogP contribution in [0.4, 0.5) is 24.5 Å². The summed E-state index contributed by atoms with van der Waals surface area (Å²) in [6.07, 6.45) is -4.93. The van der Waals surface area contributed by atoms with E-state index in [1.807, 2.05) is 30.3 Å². The Hall–Kier alpha value is -3.62. The molecule has 0 saturated heterocycles. The van der Waals surface area contributed by atoms with Crippen LogP contribution in [-0.2, 0) is 11.0 Å². The number of nitro benzene ring substituents is 1. The fourth-order valence-corrected chi connectivity index (χ4v) is 2.66. The van der Waals surface area contributed by atoms with Crippen molar-refractivity contribution in [3.05, 3.63) is 76.3 Å². The summed E-state index contributed by atoms with van der Waals surface area (Å²) < 4.78 is 44.5. The zero-order valence-corrected chi connectivity index (χ0v) is 14.2. The van der Waals surface area contributed by atoms with Gasteiger partial charge >= 0.3 is 6.18 Å². The lowest BCUT2D eigenvalue weighted by Crippen LogP contribution is -2.20. The van der Waals surface area contributed by atoms with Crippen LogP contribution in [0.1, 0.15) is 5.56 Å². The molecule has 6 nitrogen and oxygen atoms in total. The Morgan fingerprint density at radius 3 is 2.50 bits per heavy atom. The summed E-state index contributed by atoms with van der Waals surface area (Å²) in [7, 11) is 0. The van der Waals surface area contributed by atoms with Gasteiger partial charge in [-0.25, -0.2) is 0 Å². The summed E-state index contributed by atoms with van der Waals surface area (Å²) in [6.45, 7) is -0.438. The van der Waals surface area contributed by atoms with Crippen molar-refractivity contribution < 1.29 is 27.6 Å². The molecule has 0 aromatic heterocycles. The molecule has 0 heterocycles. The predicted octanol–water partition coefficient (Wildman–Crippen LogP) is 4.78. The molecule has 0 bridgehead atoms. The van der Waals surface area contributed by atoms with E-state index < -0.39 is 34.9 Å². The number of nitrogens with one attached hydrogen (secondary N) is 1. The van der Waals surface area contributed by atoms with E-state index in [1.54, 1.807) is 12.1 Å². The molecular formula is C19H13F3N2O4. The Labute approximate surface area is 156 Å². The Kier molecular flexibility index (Phi) is 5.16. The van der Waals surface area contributed by atoms with Crippen molar-refractivity contribution >= 4 is 28.1 Å². The third kappa shape index (κ3) is 4.20. The maximum Gasteiger partial charge on any atom is 0.423 e. The molecule has 28 heavy (non-hydrogen) atoms. The molecule has 0 saturated carbocycles. The maximum absolute atomic E-state index is 13.0. The van der Waals surface area contributed by atoms with Crippen molar-refractivity contribution in [3.63, 3.8) is 0 Å². The normalized spacial score (nSPS) is 11.2. The van der Waals surface area contributed by atoms with Gasteiger partial charge in [0, 0.05) is 17.1 Å². The highest BCUT2D eigenvalue weighted by atomic mass is 19.4. The average molecular weight is 390 g/mol. The summed E-state index contributed by atoms with van der Waals surface area (Å²) in [5.41, 5.74) is -2.74. The van der Waals surface area contributed by atoms with Gasteiger partial charge in [0.1, 0.15) is 11.3 Å². The van der Waals surface area contributed by atoms with Crippen LogP contribution in [0, 0.1) is 10.1 Å². The Balaban J connectivity index is 1.74. The molecule has 0 aliphatic rings. The second-order valence-corrected chi connectivity index (χ2v) is 5.80. The number of anilines is 1. The fraction of sp³-hybridized carbons (Fsp3) is 0.105. The number of amides is 1. The molecule has 0 aliphatic carbocycles. The van der Waals surface area contributed by atoms with Crippen LogP contribution < -0.4 is 10.1 Å². The van der Waals surface area contributed by atoms with E-state index in [2.05, 4.69) is 5.32 Å². The first kappa shape index (κ1) is 19.2. The molecule has 144 valence electrons. The number of benzene rings is 3. The molecule has 0 aliphatic heterocycles. The van der Waals surface area contributed by atoms with Gasteiger partial charge in [0.2, 0.25) is 0 Å². The monoisotopic (exact) mass is 390 g/mol. The predicted molar refractivity (Wildman–Crippen MR) is 96.2 cm³/mol. The molecule has 1 amide bonds. The largest absolute Gasteiger partial charge is 0.483 e. The van der Waals surface area contributed by atoms with E-state index in [0.29, 0.717) is 17.9 Å². The number of hydrogen-bond donors (Lipinski definition) is 1. The first-order chi connectivity index (χ1) is 13.3. The van der Waals surface area contributed by atoms with Gasteiger partial charge in [-0.2, -0.15) is 13.2 Å². The van der Waals surface area contributed by atoms with Crippen LogP contribution in [-0.4, -0.2) is 17.4 Å². The number of carbonyl (C=O) groups is 1. The Morgan fingerprint density at radius 2 is 1.79 bits per heavy atom. The lowest BCUT2D eigenvalue weighted by Gasteiger charge is -2.12. The minimum absolute atomic E-state index is 0.218. The lowest BCUT2D eigenvalue weighted by atomic mass is 10.1. The number of nitro groups is 1. The fourth-order valence-electron chi connectivity index (χ4n) is 2.66. The zero-order valence-electron chi connectivity index (χ0n) is 14.2. The topological polar surface area (TPSA) is 81.5 Å². The molecule has 3 aromatic carbocycles. The molecule has 3 rings (SSSR count). The Bertz CT molecular complexity index is 1050. The molecule has 1 N–H and O–H groups in total. The van der Waals surface area contributed by atoms with Crippen molar-refractivity contribution in [1.29, 1.82) is 0 Å². The number of hydrogen-bond acceptors (Lipinski definition) is 4. The van der Waals surface area contributed by atoms with Gasteiger partial charge in [-0.1, -0.05) is 36.4 Å². The first-order valence-corrected chi connectivity index (χ1v) is 8.02. The van der Waals surface area contributed by atoms with Crippen molar-refractivity contribution in [3.8, 4) is 5.75 Å². The van der Waals surface area contributed by atoms with Gasteiger partial charge in [-0.15, -0.1) is 0 Å². The summed E-state index contributed by atoms with van der Waals surface area (Å²) in [6, 6.07) is 14.9. The number of fused-ring (bicyclic) bond motifs is 1. The second kappa shape index (κ2) is 7.55. The highest BCUT2D eigenvalue weighted by molar-refractivity contribution is 5.93. The number of carbonyl (C=O) groups excluding carboxylic acids is 1. The van der Waals surface area contributed by atoms with E-state index in [0.717, 1.165) is 16.8 Å². The van der Waals surface area contributed by atoms with Gasteiger partial charge in [0.25, 0.3) is 11.6 Å². The van der Waals surface area contributed by atoms with E-state index in [1.165, 1.54) is 0 Å². The number of alkyl halides is 3. The van der Waals surface area contributed by atoms with Crippen molar-refractivity contribution in [1.82, 2.24) is 0 Å². The van der Waals surface area contributed by atoms with Crippen LogP contribution >= 0.6 is 0 Å². The van der Waals surface area contributed by atoms with Crippen LogP contribution in [0.3, 0.4) is 0 Å². The van der Waals surface area contributed by atoms with Gasteiger partial charge in [-0.3, -0.25) is 14.9 Å². The molecule has 0 atom stereocenters. The van der Waals surface area contributed by atoms with Crippen molar-refractivity contribution in [2.24, 2.45) is 0 Å². The molecular weight excluding hydrogens is 377 g/mol. The number of rotatable bonds is 5. The highest BCUT2D eigenvalue weighted by Crippen LogP contribution is 2.37. The smallest absolute Gasteiger partial charge is 0.423 e. The molecule has 9 heteroatoms. The molecule has 0 unspecified atom stereocenters. The van der Waals surface area contributed by atoms with Crippen molar-refractivity contribution in [2.75, 3.05) is 11.9 Å². The maximum atomic E-state index is 13.0. The SMILES string of the molecule is O=C(COc1cccc2ccccc12)Nc1ccc([N+](=O)[O-])c(C(F)(F)F)c1. The van der Waals surface area contributed by atoms with Crippen LogP contribution in [0.15, 0.2) is 60.7 Å². The highest BCUT2D eigenvalue weighted by Gasteiger charge is 2.38. The minimum atomic E-state index is -4.93. The summed E-state index contributed by atoms with van der Waals surface area (Å²) in [5.74, 6) is -0.247. The lowest BCUT2D eigenvalue weighted by molar-refractivity contribution is -0.388. The van der Waals surface area contributed by atoms with E-state index in [4.69, 9.17) is 4.74 Å². The second-order valence-electron chi connectivity index (χ2n) is 5.80. The van der Waals surface area contributed by atoms with Gasteiger partial charge in [-0.05, 0) is 23.6 Å². The van der Waals surface area contributed by atoms with E-state index in [9.17, 15) is 28.1 Å². The zero-order chi connectivity index (χ0) is 20.3. The summed E-state index contributed by atoms with van der Waals surface area (Å²) >= 11 is 0. The van der Waals surface area contributed by atoms with Gasteiger partial charge in [0.05, 0.1) is 4.92 Å². The summed E-state index contributed by atoms with van der Waals surface area (Å²) in [4.78, 5) is 21.7. The standard InChI is InChI=1S/C19H13F3N2O4/c20-19(21,22)15-10-13(8-9-16(15)24(26)27)23-18(25)11-28-17-7-3-5-12-4-1-2-6-14(12)17/h1-10H,11H2,(H,23,25). The number of halogens is 3. The number of nitrogens with zero attached hydrogens (tertiary/aromatic N) is 1. The third-order valence-corrected chi connectivity index (χ3v) is 3.89. The molecule has 0 radical (unpaired) electrons. The van der Waals surface area contributed by atoms with Gasteiger partial charge < -0.3 is 10.1 Å². The first-order valence-electron chi connectivity index (χ1n) is 8.02. The van der Waals surface area contributed by atoms with Crippen LogP contribution in [0.25, 0.3) is 10.8 Å². The van der Waals surface area contributed by atoms with E-state index >= 15 is 0 Å². The molecule has 0 fully saturated rings. The molecule has 0 spiro atoms. The van der Waals surface area contributed by atoms with Gasteiger partial charge in [0.15, 0.2) is 6.61 Å². The minimum Gasteiger partial charge on any atom is -0.483 e. The average Bonchev–Trinajstić information content (AvgIpc) is 2.65. The van der Waals surface area contributed by atoms with Crippen LogP contribution in [0.5, 0.6) is 5.75 Å². The molecule has 3 aromatic rings. The quantitative estimate of drug-likeness (QED) is 0.502. The Morgan fingerprint density at radius 1 is 1.07 bits per heavy atom. The van der Waals surface area contributed by atoms with Crippen molar-refractivity contribution in [2.45, 2.75) is 6.18 Å². The number of ether oxygens (including phenoxy) is 1. The third-order valence-electron chi connectivity index (χ3n) is 3.89. The van der Waals surface area contributed by atoms with Crippen LogP contribution in [0.2, 0.25) is 0 Å².